The number of aromatic nitrogens is 3. The molecule has 0 aliphatic heterocycles. The minimum absolute atomic E-state index is 0.0958. The summed E-state index contributed by atoms with van der Waals surface area (Å²) in [6, 6.07) is 9.97. The number of para-hydroxylation sites is 1. The van der Waals surface area contributed by atoms with E-state index in [1.165, 1.54) is 11.3 Å². The van der Waals surface area contributed by atoms with Crippen LogP contribution in [0.5, 0.6) is 0 Å². The average molecular weight is 312 g/mol. The van der Waals surface area contributed by atoms with Crippen molar-refractivity contribution in [2.45, 2.75) is 19.9 Å². The zero-order valence-corrected chi connectivity index (χ0v) is 13.2. The van der Waals surface area contributed by atoms with Gasteiger partial charge in [-0.25, -0.2) is 9.67 Å². The van der Waals surface area contributed by atoms with Crippen LogP contribution < -0.4 is 5.32 Å². The first-order chi connectivity index (χ1) is 10.6. The molecule has 0 bridgehead atoms. The van der Waals surface area contributed by atoms with Gasteiger partial charge >= 0.3 is 0 Å². The summed E-state index contributed by atoms with van der Waals surface area (Å²) in [7, 11) is 0. The molecule has 0 unspecified atom stereocenters. The fourth-order valence-electron chi connectivity index (χ4n) is 2.00. The normalized spacial score (nSPS) is 10.9. The van der Waals surface area contributed by atoms with Crippen LogP contribution in [0.25, 0.3) is 16.3 Å². The lowest BCUT2D eigenvalue weighted by molar-refractivity contribution is 0.0939. The molecule has 0 atom stereocenters. The smallest absolute Gasteiger partial charge is 0.270 e. The quantitative estimate of drug-likeness (QED) is 0.805. The van der Waals surface area contributed by atoms with Crippen molar-refractivity contribution in [3.05, 3.63) is 53.8 Å². The van der Waals surface area contributed by atoms with E-state index in [4.69, 9.17) is 0 Å². The van der Waals surface area contributed by atoms with E-state index in [0.717, 1.165) is 16.3 Å². The number of benzene rings is 1. The van der Waals surface area contributed by atoms with Crippen molar-refractivity contribution in [2.24, 2.45) is 0 Å². The molecule has 0 aliphatic carbocycles. The first-order valence-corrected chi connectivity index (χ1v) is 7.88. The van der Waals surface area contributed by atoms with Gasteiger partial charge in [0.25, 0.3) is 5.91 Å². The van der Waals surface area contributed by atoms with Gasteiger partial charge in [-0.15, -0.1) is 11.3 Å². The van der Waals surface area contributed by atoms with Gasteiger partial charge in [-0.2, -0.15) is 5.10 Å². The summed E-state index contributed by atoms with van der Waals surface area (Å²) in [5.74, 6) is -0.145. The summed E-state index contributed by atoms with van der Waals surface area (Å²) in [4.78, 5) is 16.3. The van der Waals surface area contributed by atoms with Crippen LogP contribution >= 0.6 is 11.3 Å². The molecule has 2 aromatic heterocycles. The minimum atomic E-state index is -0.145. The number of hydrogen-bond acceptors (Lipinski definition) is 4. The molecule has 1 N–H and O–H groups in total. The van der Waals surface area contributed by atoms with Crippen molar-refractivity contribution >= 4 is 17.2 Å². The van der Waals surface area contributed by atoms with Crippen molar-refractivity contribution < 1.29 is 4.79 Å². The Labute approximate surface area is 132 Å². The van der Waals surface area contributed by atoms with Gasteiger partial charge in [0.1, 0.15) is 10.7 Å². The van der Waals surface area contributed by atoms with Crippen LogP contribution in [0, 0.1) is 0 Å². The molecule has 0 saturated heterocycles. The molecule has 1 amide bonds. The van der Waals surface area contributed by atoms with Crippen LogP contribution in [0.2, 0.25) is 0 Å². The van der Waals surface area contributed by atoms with Crippen LogP contribution in [-0.4, -0.2) is 26.7 Å². The van der Waals surface area contributed by atoms with E-state index in [0.29, 0.717) is 5.69 Å². The number of carbonyl (C=O) groups is 1. The number of carbonyl (C=O) groups excluding carboxylic acids is 1. The maximum absolute atomic E-state index is 11.9. The Balaban J connectivity index is 1.83. The van der Waals surface area contributed by atoms with Crippen LogP contribution in [0.15, 0.2) is 48.1 Å². The Morgan fingerprint density at radius 1 is 1.27 bits per heavy atom. The first kappa shape index (κ1) is 14.5. The lowest BCUT2D eigenvalue weighted by atomic mass is 10.3. The van der Waals surface area contributed by atoms with E-state index in [2.05, 4.69) is 15.4 Å². The molecule has 112 valence electrons. The zero-order valence-electron chi connectivity index (χ0n) is 12.4. The van der Waals surface area contributed by atoms with E-state index < -0.39 is 0 Å². The Kier molecular flexibility index (Phi) is 4.02. The highest BCUT2D eigenvalue weighted by Gasteiger charge is 2.13. The number of amides is 1. The van der Waals surface area contributed by atoms with Crippen molar-refractivity contribution in [1.29, 1.82) is 0 Å². The lowest BCUT2D eigenvalue weighted by Crippen LogP contribution is -2.30. The van der Waals surface area contributed by atoms with Gasteiger partial charge in [0.15, 0.2) is 0 Å². The van der Waals surface area contributed by atoms with Gasteiger partial charge in [-0.3, -0.25) is 4.79 Å². The molecule has 0 saturated carbocycles. The predicted octanol–water partition coefficient (Wildman–Crippen LogP) is 3.13. The number of nitrogens with one attached hydrogen (secondary N) is 1. The molecule has 3 aromatic rings. The molecule has 22 heavy (non-hydrogen) atoms. The summed E-state index contributed by atoms with van der Waals surface area (Å²) in [5.41, 5.74) is 2.33. The number of hydrogen-bond donors (Lipinski definition) is 1. The number of thiazole rings is 1. The maximum atomic E-state index is 11.9. The summed E-state index contributed by atoms with van der Waals surface area (Å²) in [5, 5.41) is 9.75. The third-order valence-corrected chi connectivity index (χ3v) is 3.90. The maximum Gasteiger partial charge on any atom is 0.270 e. The van der Waals surface area contributed by atoms with E-state index in [-0.39, 0.29) is 11.9 Å². The Morgan fingerprint density at radius 3 is 2.77 bits per heavy atom. The molecule has 0 aliphatic rings. The van der Waals surface area contributed by atoms with Crippen LogP contribution in [0.1, 0.15) is 24.3 Å². The fourth-order valence-corrected chi connectivity index (χ4v) is 2.78. The van der Waals surface area contributed by atoms with Gasteiger partial charge in [-0.05, 0) is 26.0 Å². The number of nitrogens with zero attached hydrogens (tertiary/aromatic N) is 3. The van der Waals surface area contributed by atoms with Crippen LogP contribution in [0.3, 0.4) is 0 Å². The highest BCUT2D eigenvalue weighted by atomic mass is 32.1. The van der Waals surface area contributed by atoms with Gasteiger partial charge in [0.2, 0.25) is 0 Å². The summed E-state index contributed by atoms with van der Waals surface area (Å²) in [6.07, 6.45) is 3.67. The highest BCUT2D eigenvalue weighted by molar-refractivity contribution is 7.13. The van der Waals surface area contributed by atoms with E-state index in [1.54, 1.807) is 16.3 Å². The van der Waals surface area contributed by atoms with E-state index in [1.807, 2.05) is 50.4 Å². The Hall–Kier alpha value is -2.47. The molecule has 2 heterocycles. The van der Waals surface area contributed by atoms with Crippen LogP contribution in [0.4, 0.5) is 0 Å². The SMILES string of the molecule is CC(C)NC(=O)c1csc(-c2cnn(-c3ccccc3)c2)n1. The monoisotopic (exact) mass is 312 g/mol. The second-order valence-electron chi connectivity index (χ2n) is 5.18. The standard InChI is InChI=1S/C16H16N4OS/c1-11(2)18-15(21)14-10-22-16(19-14)12-8-17-20(9-12)13-6-4-3-5-7-13/h3-11H,1-2H3,(H,18,21). The largest absolute Gasteiger partial charge is 0.349 e. The van der Waals surface area contributed by atoms with Crippen molar-refractivity contribution in [1.82, 2.24) is 20.1 Å². The lowest BCUT2D eigenvalue weighted by Gasteiger charge is -2.05. The fraction of sp³-hybridized carbons (Fsp3) is 0.188. The van der Waals surface area contributed by atoms with Crippen LogP contribution in [-0.2, 0) is 0 Å². The van der Waals surface area contributed by atoms with E-state index in [9.17, 15) is 4.79 Å². The van der Waals surface area contributed by atoms with Gasteiger partial charge in [0, 0.05) is 23.2 Å². The summed E-state index contributed by atoms with van der Waals surface area (Å²) < 4.78 is 1.80. The van der Waals surface area contributed by atoms with Gasteiger partial charge < -0.3 is 5.32 Å². The predicted molar refractivity (Wildman–Crippen MR) is 87.3 cm³/mol. The average Bonchev–Trinajstić information content (AvgIpc) is 3.17. The molecule has 0 spiro atoms. The first-order valence-electron chi connectivity index (χ1n) is 7.00. The van der Waals surface area contributed by atoms with Crippen molar-refractivity contribution in [2.75, 3.05) is 0 Å². The number of rotatable bonds is 4. The summed E-state index contributed by atoms with van der Waals surface area (Å²) in [6.45, 7) is 3.85. The van der Waals surface area contributed by atoms with Gasteiger partial charge in [0.05, 0.1) is 11.9 Å². The minimum Gasteiger partial charge on any atom is -0.349 e. The third-order valence-electron chi connectivity index (χ3n) is 3.01. The second-order valence-corrected chi connectivity index (χ2v) is 6.03. The topological polar surface area (TPSA) is 59.8 Å². The Bertz CT molecular complexity index is 776. The molecular formula is C16H16N4OS. The van der Waals surface area contributed by atoms with Gasteiger partial charge in [-0.1, -0.05) is 18.2 Å². The molecule has 5 nitrogen and oxygen atoms in total. The molecule has 0 fully saturated rings. The zero-order chi connectivity index (χ0) is 15.5. The highest BCUT2D eigenvalue weighted by Crippen LogP contribution is 2.24. The molecule has 0 radical (unpaired) electrons. The van der Waals surface area contributed by atoms with Crippen molar-refractivity contribution in [3.63, 3.8) is 0 Å². The molecule has 6 heteroatoms. The molecule has 1 aromatic carbocycles. The van der Waals surface area contributed by atoms with Crippen molar-refractivity contribution in [3.8, 4) is 16.3 Å². The van der Waals surface area contributed by atoms with E-state index >= 15 is 0 Å². The third kappa shape index (κ3) is 3.07. The Morgan fingerprint density at radius 2 is 2.05 bits per heavy atom. The second kappa shape index (κ2) is 6.11. The molecule has 3 rings (SSSR count). The summed E-state index contributed by atoms with van der Waals surface area (Å²) >= 11 is 1.44. The molecular weight excluding hydrogens is 296 g/mol.